The maximum Gasteiger partial charge on any atom is 0.126 e. The summed E-state index contributed by atoms with van der Waals surface area (Å²) in [6.45, 7) is 0. The standard InChI is InChI=1S/C9H9BrOS/c10-8-7(1-4-12-8)5-9(6-11)2-3-9/h1,4,6H,2-3,5H2. The van der Waals surface area contributed by atoms with E-state index in [0.29, 0.717) is 0 Å². The van der Waals surface area contributed by atoms with Crippen LogP contribution in [0, 0.1) is 5.41 Å². The molecule has 2 rings (SSSR count). The van der Waals surface area contributed by atoms with E-state index in [2.05, 4.69) is 27.4 Å². The molecule has 1 aromatic rings. The molecule has 0 bridgehead atoms. The predicted molar refractivity (Wildman–Crippen MR) is 53.5 cm³/mol. The maximum absolute atomic E-state index is 10.7. The Morgan fingerprint density at radius 1 is 1.67 bits per heavy atom. The van der Waals surface area contributed by atoms with Gasteiger partial charge in [-0.3, -0.25) is 0 Å². The van der Waals surface area contributed by atoms with Crippen LogP contribution in [0.3, 0.4) is 0 Å². The highest BCUT2D eigenvalue weighted by atomic mass is 79.9. The minimum Gasteiger partial charge on any atom is -0.303 e. The highest BCUT2D eigenvalue weighted by Crippen LogP contribution is 2.47. The number of aldehydes is 1. The molecule has 0 amide bonds. The van der Waals surface area contributed by atoms with Crippen molar-refractivity contribution in [3.05, 3.63) is 20.8 Å². The molecule has 12 heavy (non-hydrogen) atoms. The molecule has 0 N–H and O–H groups in total. The molecule has 0 atom stereocenters. The van der Waals surface area contributed by atoms with Gasteiger partial charge in [0, 0.05) is 5.41 Å². The van der Waals surface area contributed by atoms with Gasteiger partial charge in [-0.2, -0.15) is 0 Å². The van der Waals surface area contributed by atoms with Crippen molar-refractivity contribution in [3.63, 3.8) is 0 Å². The van der Waals surface area contributed by atoms with Crippen LogP contribution < -0.4 is 0 Å². The first-order valence-corrected chi connectivity index (χ1v) is 5.61. The maximum atomic E-state index is 10.7. The molecule has 0 unspecified atom stereocenters. The topological polar surface area (TPSA) is 17.1 Å². The summed E-state index contributed by atoms with van der Waals surface area (Å²) < 4.78 is 1.18. The van der Waals surface area contributed by atoms with E-state index in [0.717, 1.165) is 25.5 Å². The van der Waals surface area contributed by atoms with Crippen molar-refractivity contribution in [2.24, 2.45) is 5.41 Å². The SMILES string of the molecule is O=CC1(Cc2ccsc2Br)CC1. The molecule has 0 radical (unpaired) electrons. The van der Waals surface area contributed by atoms with Gasteiger partial charge in [-0.15, -0.1) is 11.3 Å². The predicted octanol–water partition coefficient (Wildman–Crippen LogP) is 3.03. The quantitative estimate of drug-likeness (QED) is 0.748. The molecule has 1 saturated carbocycles. The van der Waals surface area contributed by atoms with Crippen LogP contribution in [0.5, 0.6) is 0 Å². The Morgan fingerprint density at radius 3 is 2.83 bits per heavy atom. The molecule has 1 nitrogen and oxygen atoms in total. The number of hydrogen-bond acceptors (Lipinski definition) is 2. The van der Waals surface area contributed by atoms with Gasteiger partial charge in [0.2, 0.25) is 0 Å². The Hall–Kier alpha value is -0.150. The van der Waals surface area contributed by atoms with E-state index in [1.54, 1.807) is 11.3 Å². The normalized spacial score (nSPS) is 19.1. The van der Waals surface area contributed by atoms with Crippen molar-refractivity contribution in [3.8, 4) is 0 Å². The molecule has 1 aliphatic carbocycles. The lowest BCUT2D eigenvalue weighted by Crippen LogP contribution is -2.05. The van der Waals surface area contributed by atoms with Crippen LogP contribution in [-0.2, 0) is 11.2 Å². The zero-order valence-corrected chi connectivity index (χ0v) is 8.95. The summed E-state index contributed by atoms with van der Waals surface area (Å²) in [4.78, 5) is 10.7. The van der Waals surface area contributed by atoms with Gasteiger partial charge in [-0.05, 0) is 52.2 Å². The van der Waals surface area contributed by atoms with Crippen molar-refractivity contribution in [2.45, 2.75) is 19.3 Å². The average molecular weight is 245 g/mol. The van der Waals surface area contributed by atoms with Crippen LogP contribution in [0.1, 0.15) is 18.4 Å². The number of hydrogen-bond donors (Lipinski definition) is 0. The Morgan fingerprint density at radius 2 is 2.42 bits per heavy atom. The lowest BCUT2D eigenvalue weighted by atomic mass is 10.0. The van der Waals surface area contributed by atoms with Gasteiger partial charge in [0.05, 0.1) is 3.79 Å². The van der Waals surface area contributed by atoms with Gasteiger partial charge in [0.25, 0.3) is 0 Å². The number of carbonyl (C=O) groups excluding carboxylic acids is 1. The van der Waals surface area contributed by atoms with Gasteiger partial charge in [0.1, 0.15) is 6.29 Å². The summed E-state index contributed by atoms with van der Waals surface area (Å²) in [7, 11) is 0. The summed E-state index contributed by atoms with van der Waals surface area (Å²) in [5.74, 6) is 0. The second kappa shape index (κ2) is 2.96. The van der Waals surface area contributed by atoms with Crippen LogP contribution in [-0.4, -0.2) is 6.29 Å². The molecule has 1 aliphatic rings. The first-order chi connectivity index (χ1) is 5.76. The van der Waals surface area contributed by atoms with E-state index in [1.807, 2.05) is 0 Å². The molecular weight excluding hydrogens is 236 g/mol. The molecule has 64 valence electrons. The van der Waals surface area contributed by atoms with Crippen molar-refractivity contribution in [2.75, 3.05) is 0 Å². The molecule has 0 saturated heterocycles. The first kappa shape index (κ1) is 8.45. The molecule has 0 aliphatic heterocycles. The lowest BCUT2D eigenvalue weighted by Gasteiger charge is -2.04. The van der Waals surface area contributed by atoms with Crippen LogP contribution in [0.25, 0.3) is 0 Å². The third-order valence-corrected chi connectivity index (χ3v) is 4.19. The highest BCUT2D eigenvalue weighted by molar-refractivity contribution is 9.11. The third kappa shape index (κ3) is 1.48. The summed E-state index contributed by atoms with van der Waals surface area (Å²) in [6.07, 6.45) is 4.18. The van der Waals surface area contributed by atoms with E-state index in [-0.39, 0.29) is 5.41 Å². The Bertz CT molecular complexity index is 301. The van der Waals surface area contributed by atoms with Crippen LogP contribution in [0.4, 0.5) is 0 Å². The largest absolute Gasteiger partial charge is 0.303 e. The fraction of sp³-hybridized carbons (Fsp3) is 0.444. The number of halogens is 1. The monoisotopic (exact) mass is 244 g/mol. The van der Waals surface area contributed by atoms with Crippen molar-refractivity contribution >= 4 is 33.6 Å². The van der Waals surface area contributed by atoms with E-state index in [1.165, 1.54) is 9.35 Å². The molecule has 3 heteroatoms. The Balaban J connectivity index is 2.13. The molecule has 0 aromatic carbocycles. The summed E-state index contributed by atoms with van der Waals surface area (Å²) in [5, 5.41) is 2.06. The second-order valence-corrected chi connectivity index (χ2v) is 5.61. The molecule has 1 fully saturated rings. The first-order valence-electron chi connectivity index (χ1n) is 3.94. The van der Waals surface area contributed by atoms with Crippen molar-refractivity contribution < 1.29 is 4.79 Å². The number of rotatable bonds is 3. The third-order valence-electron chi connectivity index (χ3n) is 2.38. The van der Waals surface area contributed by atoms with Gasteiger partial charge < -0.3 is 4.79 Å². The molecule has 1 heterocycles. The van der Waals surface area contributed by atoms with Gasteiger partial charge in [-0.25, -0.2) is 0 Å². The fourth-order valence-corrected chi connectivity index (χ4v) is 2.56. The lowest BCUT2D eigenvalue weighted by molar-refractivity contribution is -0.112. The van der Waals surface area contributed by atoms with E-state index < -0.39 is 0 Å². The van der Waals surface area contributed by atoms with Gasteiger partial charge >= 0.3 is 0 Å². The molecule has 1 aromatic heterocycles. The van der Waals surface area contributed by atoms with Crippen LogP contribution in [0.15, 0.2) is 15.2 Å². The van der Waals surface area contributed by atoms with E-state index >= 15 is 0 Å². The summed E-state index contributed by atoms with van der Waals surface area (Å²) >= 11 is 5.16. The van der Waals surface area contributed by atoms with Gasteiger partial charge in [0.15, 0.2) is 0 Å². The summed E-state index contributed by atoms with van der Waals surface area (Å²) in [5.41, 5.74) is 1.29. The van der Waals surface area contributed by atoms with E-state index in [9.17, 15) is 4.79 Å². The van der Waals surface area contributed by atoms with Crippen LogP contribution >= 0.6 is 27.3 Å². The van der Waals surface area contributed by atoms with Crippen molar-refractivity contribution in [1.29, 1.82) is 0 Å². The molecule has 0 spiro atoms. The zero-order valence-electron chi connectivity index (χ0n) is 6.55. The highest BCUT2D eigenvalue weighted by Gasteiger charge is 2.42. The number of carbonyl (C=O) groups is 1. The smallest absolute Gasteiger partial charge is 0.126 e. The van der Waals surface area contributed by atoms with Gasteiger partial charge in [-0.1, -0.05) is 0 Å². The minimum absolute atomic E-state index is 0.00356. The Kier molecular flexibility index (Phi) is 2.09. The average Bonchev–Trinajstić information content (AvgIpc) is 2.74. The zero-order chi connectivity index (χ0) is 8.60. The minimum atomic E-state index is 0.00356. The van der Waals surface area contributed by atoms with Crippen LogP contribution in [0.2, 0.25) is 0 Å². The van der Waals surface area contributed by atoms with Crippen molar-refractivity contribution in [1.82, 2.24) is 0 Å². The fourth-order valence-electron chi connectivity index (χ4n) is 1.32. The molecular formula is C9H9BrOS. The number of thiophene rings is 1. The van der Waals surface area contributed by atoms with E-state index in [4.69, 9.17) is 0 Å². The summed E-state index contributed by atoms with van der Waals surface area (Å²) in [6, 6.07) is 2.10. The Labute approximate surface area is 83.9 Å². The second-order valence-electron chi connectivity index (χ2n) is 3.38.